The van der Waals surface area contributed by atoms with Crippen LogP contribution < -0.4 is 4.90 Å². The number of hydrogen-bond acceptors (Lipinski definition) is 2. The number of nitrogens with zero attached hydrogens (tertiary/aromatic N) is 1. The van der Waals surface area contributed by atoms with Crippen LogP contribution in [0.5, 0.6) is 0 Å². The van der Waals surface area contributed by atoms with Crippen LogP contribution in [0.4, 0.5) is 5.69 Å². The highest BCUT2D eigenvalue weighted by Crippen LogP contribution is 2.53. The van der Waals surface area contributed by atoms with Crippen molar-refractivity contribution in [3.8, 4) is 0 Å². The molecular weight excluding hydrogens is 274 g/mol. The summed E-state index contributed by atoms with van der Waals surface area (Å²) < 4.78 is 0. The normalized spacial score (nSPS) is 34.2. The van der Waals surface area contributed by atoms with E-state index in [0.29, 0.717) is 10.7 Å². The van der Waals surface area contributed by atoms with Crippen LogP contribution in [0.1, 0.15) is 12.0 Å². The lowest BCUT2D eigenvalue weighted by Crippen LogP contribution is -2.33. The molecule has 3 nitrogen and oxygen atoms in total. The number of amides is 2. The van der Waals surface area contributed by atoms with E-state index in [2.05, 4.69) is 12.2 Å². The maximum atomic E-state index is 12.7. The molecule has 0 spiro atoms. The van der Waals surface area contributed by atoms with Gasteiger partial charge < -0.3 is 0 Å². The van der Waals surface area contributed by atoms with E-state index in [0.717, 1.165) is 12.0 Å². The van der Waals surface area contributed by atoms with Gasteiger partial charge in [-0.25, -0.2) is 4.90 Å². The predicted octanol–water partition coefficient (Wildman–Crippen LogP) is 2.96. The van der Waals surface area contributed by atoms with Crippen molar-refractivity contribution in [2.45, 2.75) is 13.3 Å². The highest BCUT2D eigenvalue weighted by atomic mass is 35.5. The summed E-state index contributed by atoms with van der Waals surface area (Å²) >= 11 is 6.02. The van der Waals surface area contributed by atoms with Crippen LogP contribution in [0.25, 0.3) is 0 Å². The topological polar surface area (TPSA) is 37.4 Å². The van der Waals surface area contributed by atoms with Crippen molar-refractivity contribution < 1.29 is 9.59 Å². The van der Waals surface area contributed by atoms with Crippen molar-refractivity contribution in [2.75, 3.05) is 4.90 Å². The maximum absolute atomic E-state index is 12.7. The van der Waals surface area contributed by atoms with Crippen LogP contribution in [-0.2, 0) is 9.59 Å². The second kappa shape index (κ2) is 3.95. The summed E-state index contributed by atoms with van der Waals surface area (Å²) in [6.07, 6.45) is 5.16. The molecule has 2 aliphatic carbocycles. The van der Waals surface area contributed by atoms with E-state index in [1.807, 2.05) is 13.0 Å². The first-order valence-corrected chi connectivity index (χ1v) is 7.28. The Labute approximate surface area is 122 Å². The lowest BCUT2D eigenvalue weighted by molar-refractivity contribution is -0.123. The molecule has 2 fully saturated rings. The van der Waals surface area contributed by atoms with Crippen LogP contribution in [0.15, 0.2) is 30.4 Å². The third-order valence-corrected chi connectivity index (χ3v) is 5.12. The van der Waals surface area contributed by atoms with E-state index in [-0.39, 0.29) is 35.5 Å². The minimum atomic E-state index is -0.157. The summed E-state index contributed by atoms with van der Waals surface area (Å²) in [6.45, 7) is 1.90. The van der Waals surface area contributed by atoms with E-state index >= 15 is 0 Å². The maximum Gasteiger partial charge on any atom is 0.238 e. The van der Waals surface area contributed by atoms with Gasteiger partial charge in [-0.15, -0.1) is 0 Å². The molecule has 102 valence electrons. The van der Waals surface area contributed by atoms with E-state index in [1.54, 1.807) is 12.1 Å². The Bertz CT molecular complexity index is 636. The van der Waals surface area contributed by atoms with Crippen molar-refractivity contribution in [3.63, 3.8) is 0 Å². The monoisotopic (exact) mass is 287 g/mol. The Morgan fingerprint density at radius 1 is 1.10 bits per heavy atom. The molecule has 0 aromatic heterocycles. The molecule has 1 saturated heterocycles. The molecule has 1 heterocycles. The fraction of sp³-hybridized carbons (Fsp3) is 0.375. The first kappa shape index (κ1) is 12.2. The highest BCUT2D eigenvalue weighted by Gasteiger charge is 2.59. The Kier molecular flexibility index (Phi) is 2.40. The largest absolute Gasteiger partial charge is 0.274 e. The smallest absolute Gasteiger partial charge is 0.238 e. The van der Waals surface area contributed by atoms with Crippen LogP contribution in [-0.4, -0.2) is 11.8 Å². The van der Waals surface area contributed by atoms with Gasteiger partial charge in [-0.3, -0.25) is 9.59 Å². The van der Waals surface area contributed by atoms with Gasteiger partial charge in [-0.2, -0.15) is 0 Å². The first-order chi connectivity index (χ1) is 9.58. The molecule has 0 unspecified atom stereocenters. The molecule has 1 aromatic carbocycles. The standard InChI is InChI=1S/C16H14ClNO2/c1-8-2-5-11(17)7-12(8)18-15(19)13-9-3-4-10(6-9)14(13)16(18)20/h2-5,7,9-10,13-14H,6H2,1H3/t9-,10+,13-,14-/m0/s1. The molecule has 0 N–H and O–H groups in total. The second-order valence-electron chi connectivity index (χ2n) is 5.94. The molecular formula is C16H14ClNO2. The third kappa shape index (κ3) is 1.41. The summed E-state index contributed by atoms with van der Waals surface area (Å²) in [5.74, 6) is 0.0630. The number of halogens is 1. The summed E-state index contributed by atoms with van der Waals surface area (Å²) in [5, 5.41) is 0.546. The quantitative estimate of drug-likeness (QED) is 0.588. The van der Waals surface area contributed by atoms with Crippen LogP contribution in [0.3, 0.4) is 0 Å². The number of carbonyl (C=O) groups excluding carboxylic acids is 2. The van der Waals surface area contributed by atoms with Gasteiger partial charge in [0.1, 0.15) is 0 Å². The molecule has 4 atom stereocenters. The number of allylic oxidation sites excluding steroid dienone is 2. The number of fused-ring (bicyclic) bond motifs is 5. The molecule has 2 amide bonds. The van der Waals surface area contributed by atoms with Gasteiger partial charge in [0, 0.05) is 5.02 Å². The van der Waals surface area contributed by atoms with Gasteiger partial charge in [-0.1, -0.05) is 29.8 Å². The zero-order chi connectivity index (χ0) is 14.0. The summed E-state index contributed by atoms with van der Waals surface area (Å²) in [4.78, 5) is 26.7. The third-order valence-electron chi connectivity index (χ3n) is 4.88. The Balaban J connectivity index is 1.80. The van der Waals surface area contributed by atoms with E-state index in [4.69, 9.17) is 11.6 Å². The van der Waals surface area contributed by atoms with Gasteiger partial charge in [0.05, 0.1) is 17.5 Å². The van der Waals surface area contributed by atoms with Gasteiger partial charge in [-0.05, 0) is 42.9 Å². The minimum Gasteiger partial charge on any atom is -0.274 e. The number of rotatable bonds is 1. The average Bonchev–Trinajstić information content (AvgIpc) is 3.08. The van der Waals surface area contributed by atoms with Crippen LogP contribution in [0, 0.1) is 30.6 Å². The number of benzene rings is 1. The number of hydrogen-bond donors (Lipinski definition) is 0. The lowest BCUT2D eigenvalue weighted by atomic mass is 9.85. The van der Waals surface area contributed by atoms with E-state index in [9.17, 15) is 9.59 Å². The zero-order valence-electron chi connectivity index (χ0n) is 11.0. The molecule has 1 saturated carbocycles. The van der Waals surface area contributed by atoms with Gasteiger partial charge in [0.2, 0.25) is 11.8 Å². The van der Waals surface area contributed by atoms with Crippen molar-refractivity contribution in [2.24, 2.45) is 23.7 Å². The molecule has 20 heavy (non-hydrogen) atoms. The van der Waals surface area contributed by atoms with Crippen LogP contribution in [0.2, 0.25) is 5.02 Å². The van der Waals surface area contributed by atoms with Crippen LogP contribution >= 0.6 is 11.6 Å². The molecule has 0 radical (unpaired) electrons. The minimum absolute atomic E-state index is 0.0535. The Hall–Kier alpha value is -1.61. The van der Waals surface area contributed by atoms with Crippen molar-refractivity contribution in [1.29, 1.82) is 0 Å². The fourth-order valence-electron chi connectivity index (χ4n) is 3.96. The Morgan fingerprint density at radius 2 is 1.70 bits per heavy atom. The lowest BCUT2D eigenvalue weighted by Gasteiger charge is -2.19. The molecule has 4 heteroatoms. The average molecular weight is 288 g/mol. The fourth-order valence-corrected chi connectivity index (χ4v) is 4.13. The van der Waals surface area contributed by atoms with Crippen molar-refractivity contribution in [1.82, 2.24) is 0 Å². The van der Waals surface area contributed by atoms with E-state index < -0.39 is 0 Å². The second-order valence-corrected chi connectivity index (χ2v) is 6.38. The molecule has 1 aromatic rings. The van der Waals surface area contributed by atoms with Gasteiger partial charge >= 0.3 is 0 Å². The summed E-state index contributed by atoms with van der Waals surface area (Å²) in [5.41, 5.74) is 1.54. The van der Waals surface area contributed by atoms with Gasteiger partial charge in [0.25, 0.3) is 0 Å². The SMILES string of the molecule is Cc1ccc(Cl)cc1N1C(=O)[C@@H]2[C@@H](C1=O)[C@H]1C=C[C@@H]2C1. The van der Waals surface area contributed by atoms with Gasteiger partial charge in [0.15, 0.2) is 0 Å². The summed E-state index contributed by atoms with van der Waals surface area (Å²) in [6, 6.07) is 5.33. The van der Waals surface area contributed by atoms with E-state index in [1.165, 1.54) is 4.90 Å². The highest BCUT2D eigenvalue weighted by molar-refractivity contribution is 6.31. The summed E-state index contributed by atoms with van der Waals surface area (Å²) in [7, 11) is 0. The number of carbonyl (C=O) groups is 2. The van der Waals surface area contributed by atoms with Crippen molar-refractivity contribution in [3.05, 3.63) is 40.9 Å². The molecule has 4 rings (SSSR count). The molecule has 2 bridgehead atoms. The first-order valence-electron chi connectivity index (χ1n) is 6.90. The molecule has 1 aliphatic heterocycles. The zero-order valence-corrected chi connectivity index (χ0v) is 11.8. The van der Waals surface area contributed by atoms with Crippen molar-refractivity contribution >= 4 is 29.1 Å². The number of aryl methyl sites for hydroxylation is 1. The predicted molar refractivity (Wildman–Crippen MR) is 76.4 cm³/mol. The number of anilines is 1. The number of imide groups is 1. The molecule has 3 aliphatic rings. The Morgan fingerprint density at radius 3 is 2.30 bits per heavy atom.